The molecule has 0 nitrogen and oxygen atoms in total. The van der Waals surface area contributed by atoms with Crippen LogP contribution in [0.3, 0.4) is 0 Å². The lowest BCUT2D eigenvalue weighted by atomic mass is 9.91. The third-order valence-electron chi connectivity index (χ3n) is 4.13. The average molecular weight is 238 g/mol. The van der Waals surface area contributed by atoms with Gasteiger partial charge in [-0.05, 0) is 87.9 Å². The molecule has 4 bridgehead atoms. The van der Waals surface area contributed by atoms with Crippen LogP contribution in [-0.2, 0) is 0 Å². The molecule has 18 heavy (non-hydrogen) atoms. The Bertz CT molecular complexity index is 194. The van der Waals surface area contributed by atoms with Gasteiger partial charge in [-0.1, -0.05) is 25.7 Å². The molecule has 10 radical (unpaired) electrons. The zero-order chi connectivity index (χ0) is 12.2. The average Bonchev–Trinajstić information content (AvgIpc) is 2.99. The fourth-order valence-electron chi connectivity index (χ4n) is 3.04. The Labute approximate surface area is 114 Å². The van der Waals surface area contributed by atoms with E-state index >= 15 is 0 Å². The summed E-state index contributed by atoms with van der Waals surface area (Å²) in [6, 6.07) is 0. The summed E-state index contributed by atoms with van der Waals surface area (Å²) in [6.45, 7) is 0. The van der Waals surface area contributed by atoms with Crippen molar-refractivity contribution in [1.82, 2.24) is 0 Å². The highest BCUT2D eigenvalue weighted by Crippen LogP contribution is 2.41. The minimum absolute atomic E-state index is 1.26. The molecule has 0 aromatic heterocycles. The number of hydrogen-bond donors (Lipinski definition) is 0. The van der Waals surface area contributed by atoms with Gasteiger partial charge in [-0.3, -0.25) is 0 Å². The summed E-state index contributed by atoms with van der Waals surface area (Å²) < 4.78 is 0. The predicted molar refractivity (Wildman–Crippen MR) is 75.7 cm³/mol. The van der Waals surface area contributed by atoms with Crippen molar-refractivity contribution in [2.24, 2.45) is 0 Å². The molecule has 0 aromatic carbocycles. The first kappa shape index (κ1) is 13.0. The highest BCUT2D eigenvalue weighted by Gasteiger charge is 2.28. The van der Waals surface area contributed by atoms with Gasteiger partial charge >= 0.3 is 0 Å². The summed E-state index contributed by atoms with van der Waals surface area (Å²) in [6.07, 6.45) is 24.5. The first-order chi connectivity index (χ1) is 8.90. The molecule has 0 saturated heterocycles. The zero-order valence-corrected chi connectivity index (χ0v) is 11.1. The van der Waals surface area contributed by atoms with Crippen molar-refractivity contribution in [3.63, 3.8) is 0 Å². The third-order valence-corrected chi connectivity index (χ3v) is 4.13. The molecule has 0 N–H and O–H groups in total. The topological polar surface area (TPSA) is 0 Å². The summed E-state index contributed by atoms with van der Waals surface area (Å²) in [7, 11) is 0. The van der Waals surface area contributed by atoms with E-state index in [1.807, 2.05) is 0 Å². The SMILES string of the molecule is [CH]1[CH][C]2[CH][C]1CCCC[C]1[CH][CH][C]([CH]1)CCCC2. The Kier molecular flexibility index (Phi) is 4.65. The van der Waals surface area contributed by atoms with E-state index in [0.717, 1.165) is 0 Å². The van der Waals surface area contributed by atoms with Crippen molar-refractivity contribution in [1.29, 1.82) is 0 Å². The van der Waals surface area contributed by atoms with Gasteiger partial charge in [0.15, 0.2) is 0 Å². The second-order valence-corrected chi connectivity index (χ2v) is 5.67. The molecule has 3 aliphatic rings. The summed E-state index contributed by atoms with van der Waals surface area (Å²) in [5.74, 6) is 6.19. The first-order valence-corrected chi connectivity index (χ1v) is 7.39. The zero-order valence-electron chi connectivity index (χ0n) is 11.1. The largest absolute Gasteiger partial charge is 0.0527 e. The summed E-state index contributed by atoms with van der Waals surface area (Å²) in [5, 5.41) is 0. The molecular formula is C18H22. The Morgan fingerprint density at radius 2 is 0.722 bits per heavy atom. The molecule has 3 aliphatic carbocycles. The molecule has 0 aromatic rings. The molecule has 94 valence electrons. The molecule has 0 heteroatoms. The quantitative estimate of drug-likeness (QED) is 0.575. The maximum absolute atomic E-state index is 2.42. The van der Waals surface area contributed by atoms with Crippen LogP contribution < -0.4 is 0 Å². The van der Waals surface area contributed by atoms with E-state index in [1.54, 1.807) is 23.7 Å². The van der Waals surface area contributed by atoms with Crippen molar-refractivity contribution in [3.05, 3.63) is 62.2 Å². The van der Waals surface area contributed by atoms with Gasteiger partial charge < -0.3 is 0 Å². The molecule has 0 spiro atoms. The monoisotopic (exact) mass is 238 g/mol. The van der Waals surface area contributed by atoms with Crippen LogP contribution in [0.25, 0.3) is 0 Å². The Morgan fingerprint density at radius 1 is 0.444 bits per heavy atom. The highest BCUT2D eigenvalue weighted by molar-refractivity contribution is 5.44. The molecule has 0 amide bonds. The van der Waals surface area contributed by atoms with E-state index in [0.29, 0.717) is 0 Å². The highest BCUT2D eigenvalue weighted by atomic mass is 14.3. The summed E-state index contributed by atoms with van der Waals surface area (Å²) in [4.78, 5) is 0. The van der Waals surface area contributed by atoms with Gasteiger partial charge in [-0.25, -0.2) is 0 Å². The van der Waals surface area contributed by atoms with Crippen molar-refractivity contribution in [2.75, 3.05) is 0 Å². The smallest absolute Gasteiger partial charge is 0.0164 e. The van der Waals surface area contributed by atoms with Gasteiger partial charge in [-0.15, -0.1) is 0 Å². The minimum atomic E-state index is 1.26. The molecule has 3 fully saturated rings. The third kappa shape index (κ3) is 3.52. The van der Waals surface area contributed by atoms with Crippen molar-refractivity contribution < 1.29 is 0 Å². The van der Waals surface area contributed by atoms with Gasteiger partial charge in [0.2, 0.25) is 0 Å². The molecule has 0 aliphatic heterocycles. The van der Waals surface area contributed by atoms with Crippen LogP contribution in [0.4, 0.5) is 0 Å². The standard InChI is InChI=1S/C18H22/c1-2-6-16-11-12-18(14-16)8-4-3-7-17-10-9-15(5-1)13-17/h9-14H,1-8H2. The number of fused-ring (bicyclic) bond motifs is 4. The Hall–Kier alpha value is 0. The van der Waals surface area contributed by atoms with Crippen LogP contribution in [0.15, 0.2) is 0 Å². The Balaban J connectivity index is 1.50. The van der Waals surface area contributed by atoms with E-state index in [2.05, 4.69) is 38.5 Å². The molecule has 0 heterocycles. The first-order valence-electron chi connectivity index (χ1n) is 7.39. The van der Waals surface area contributed by atoms with Gasteiger partial charge in [-0.2, -0.15) is 0 Å². The van der Waals surface area contributed by atoms with E-state index in [-0.39, 0.29) is 0 Å². The van der Waals surface area contributed by atoms with E-state index < -0.39 is 0 Å². The molecular weight excluding hydrogens is 216 g/mol. The van der Waals surface area contributed by atoms with Crippen LogP contribution in [0.1, 0.15) is 51.4 Å². The van der Waals surface area contributed by atoms with Crippen LogP contribution in [0.5, 0.6) is 0 Å². The lowest BCUT2D eigenvalue weighted by Crippen LogP contribution is -2.00. The molecule has 0 atom stereocenters. The van der Waals surface area contributed by atoms with Gasteiger partial charge in [0.1, 0.15) is 0 Å². The second kappa shape index (κ2) is 6.44. The number of hydrogen-bond acceptors (Lipinski definition) is 0. The molecule has 3 rings (SSSR count). The van der Waals surface area contributed by atoms with Crippen molar-refractivity contribution in [2.45, 2.75) is 51.4 Å². The molecule has 0 unspecified atom stereocenters. The van der Waals surface area contributed by atoms with E-state index in [9.17, 15) is 0 Å². The fraction of sp³-hybridized carbons (Fsp3) is 0.444. The van der Waals surface area contributed by atoms with Crippen molar-refractivity contribution >= 4 is 0 Å². The maximum Gasteiger partial charge on any atom is -0.0164 e. The molecule has 3 saturated carbocycles. The number of rotatable bonds is 0. The summed E-state index contributed by atoms with van der Waals surface area (Å²) >= 11 is 0. The van der Waals surface area contributed by atoms with E-state index in [4.69, 9.17) is 0 Å². The normalized spacial score (nSPS) is 30.7. The van der Waals surface area contributed by atoms with Crippen molar-refractivity contribution in [3.8, 4) is 0 Å². The fourth-order valence-corrected chi connectivity index (χ4v) is 3.04. The van der Waals surface area contributed by atoms with E-state index in [1.165, 1.54) is 51.4 Å². The van der Waals surface area contributed by atoms with Gasteiger partial charge in [0.05, 0.1) is 0 Å². The lowest BCUT2D eigenvalue weighted by Gasteiger charge is -2.14. The van der Waals surface area contributed by atoms with Gasteiger partial charge in [0.25, 0.3) is 0 Å². The van der Waals surface area contributed by atoms with Gasteiger partial charge in [0, 0.05) is 0 Å². The maximum atomic E-state index is 2.42. The lowest BCUT2D eigenvalue weighted by molar-refractivity contribution is 0.662. The Morgan fingerprint density at radius 3 is 1.00 bits per heavy atom. The predicted octanol–water partition coefficient (Wildman–Crippen LogP) is 4.67. The van der Waals surface area contributed by atoms with Crippen LogP contribution in [0.2, 0.25) is 0 Å². The van der Waals surface area contributed by atoms with Crippen LogP contribution in [0, 0.1) is 62.2 Å². The summed E-state index contributed by atoms with van der Waals surface area (Å²) in [5.41, 5.74) is 0. The van der Waals surface area contributed by atoms with Crippen LogP contribution in [-0.4, -0.2) is 0 Å². The van der Waals surface area contributed by atoms with Crippen LogP contribution >= 0.6 is 0 Å². The minimum Gasteiger partial charge on any atom is -0.0527 e. The second-order valence-electron chi connectivity index (χ2n) is 5.67.